The normalized spacial score (nSPS) is 11.4. The van der Waals surface area contributed by atoms with Crippen molar-refractivity contribution in [2.75, 3.05) is 0 Å². The van der Waals surface area contributed by atoms with E-state index in [0.717, 1.165) is 16.7 Å². The van der Waals surface area contributed by atoms with Crippen LogP contribution in [0.5, 0.6) is 0 Å². The van der Waals surface area contributed by atoms with Gasteiger partial charge in [0.15, 0.2) is 0 Å². The predicted molar refractivity (Wildman–Crippen MR) is 92.0 cm³/mol. The van der Waals surface area contributed by atoms with Crippen molar-refractivity contribution in [3.63, 3.8) is 0 Å². The van der Waals surface area contributed by atoms with Gasteiger partial charge in [-0.05, 0) is 31.5 Å². The molecule has 4 aromatic rings. The van der Waals surface area contributed by atoms with Crippen LogP contribution < -0.4 is 5.56 Å². The second-order valence-corrected chi connectivity index (χ2v) is 5.93. The zero-order chi connectivity index (χ0) is 16.0. The lowest BCUT2D eigenvalue weighted by Gasteiger charge is -2.12. The molecule has 2 aromatic heterocycles. The third kappa shape index (κ3) is 2.23. The van der Waals surface area contributed by atoms with E-state index in [1.54, 1.807) is 10.5 Å². The Kier molecular flexibility index (Phi) is 3.05. The minimum Gasteiger partial charge on any atom is -0.311 e. The molecule has 4 nitrogen and oxygen atoms in total. The van der Waals surface area contributed by atoms with Crippen LogP contribution in [0.25, 0.3) is 16.8 Å². The highest BCUT2D eigenvalue weighted by atomic mass is 16.1. The fourth-order valence-electron chi connectivity index (χ4n) is 2.96. The molecule has 2 aromatic carbocycles. The fourth-order valence-corrected chi connectivity index (χ4v) is 2.96. The van der Waals surface area contributed by atoms with Gasteiger partial charge in [-0.2, -0.15) is 0 Å². The van der Waals surface area contributed by atoms with Crippen LogP contribution in [0.2, 0.25) is 0 Å². The van der Waals surface area contributed by atoms with E-state index < -0.39 is 0 Å². The van der Waals surface area contributed by atoms with Gasteiger partial charge in [-0.25, -0.2) is 9.38 Å². The Morgan fingerprint density at radius 1 is 1.00 bits per heavy atom. The molecule has 0 saturated heterocycles. The highest BCUT2D eigenvalue weighted by Crippen LogP contribution is 2.17. The number of fused-ring (bicyclic) bond motifs is 3. The molecular formula is C19H17N3O. The van der Waals surface area contributed by atoms with Gasteiger partial charge in [0.25, 0.3) is 5.56 Å². The Morgan fingerprint density at radius 3 is 2.52 bits per heavy atom. The Labute approximate surface area is 133 Å². The van der Waals surface area contributed by atoms with Crippen molar-refractivity contribution in [2.24, 2.45) is 0 Å². The molecule has 0 saturated carbocycles. The minimum absolute atomic E-state index is 0.0358. The number of nitrogens with zero attached hydrogens (tertiary/aromatic N) is 3. The molecule has 0 amide bonds. The van der Waals surface area contributed by atoms with Gasteiger partial charge in [0, 0.05) is 11.8 Å². The van der Waals surface area contributed by atoms with Crippen LogP contribution in [0.3, 0.4) is 0 Å². The summed E-state index contributed by atoms with van der Waals surface area (Å²) in [6.07, 6.45) is 0. The van der Waals surface area contributed by atoms with E-state index in [1.165, 1.54) is 11.1 Å². The Balaban J connectivity index is 1.98. The second kappa shape index (κ2) is 5.09. The zero-order valence-corrected chi connectivity index (χ0v) is 13.2. The van der Waals surface area contributed by atoms with Gasteiger partial charge < -0.3 is 4.57 Å². The lowest BCUT2D eigenvalue weighted by Crippen LogP contribution is -2.19. The number of rotatable bonds is 2. The van der Waals surface area contributed by atoms with Gasteiger partial charge >= 0.3 is 0 Å². The summed E-state index contributed by atoms with van der Waals surface area (Å²) < 4.78 is 3.78. The SMILES string of the molecule is Cc1ccc(Cn2c(C)cc(=O)n3c4ccccc4nc23)cc1. The lowest BCUT2D eigenvalue weighted by molar-refractivity contribution is 0.752. The third-order valence-corrected chi connectivity index (χ3v) is 4.22. The van der Waals surface area contributed by atoms with Crippen LogP contribution in [-0.4, -0.2) is 14.0 Å². The molecule has 0 bridgehead atoms. The van der Waals surface area contributed by atoms with Crippen LogP contribution >= 0.6 is 0 Å². The van der Waals surface area contributed by atoms with E-state index >= 15 is 0 Å². The Hall–Kier alpha value is -2.88. The molecule has 114 valence electrons. The van der Waals surface area contributed by atoms with Crippen molar-refractivity contribution in [3.05, 3.63) is 81.8 Å². The topological polar surface area (TPSA) is 39.3 Å². The van der Waals surface area contributed by atoms with E-state index in [2.05, 4.69) is 40.7 Å². The van der Waals surface area contributed by atoms with Crippen LogP contribution in [0.15, 0.2) is 59.4 Å². The molecule has 4 heteroatoms. The number of hydrogen-bond acceptors (Lipinski definition) is 2. The van der Waals surface area contributed by atoms with Crippen LogP contribution in [-0.2, 0) is 6.54 Å². The molecule has 0 radical (unpaired) electrons. The molecule has 0 aliphatic heterocycles. The Morgan fingerprint density at radius 2 is 1.74 bits per heavy atom. The summed E-state index contributed by atoms with van der Waals surface area (Å²) in [6.45, 7) is 4.72. The highest BCUT2D eigenvalue weighted by Gasteiger charge is 2.12. The average molecular weight is 303 g/mol. The molecule has 0 atom stereocenters. The molecule has 0 aliphatic rings. The maximum absolute atomic E-state index is 12.4. The number of hydrogen-bond donors (Lipinski definition) is 0. The molecule has 0 unspecified atom stereocenters. The van der Waals surface area contributed by atoms with Gasteiger partial charge in [0.05, 0.1) is 17.6 Å². The summed E-state index contributed by atoms with van der Waals surface area (Å²) in [5.41, 5.74) is 5.00. The van der Waals surface area contributed by atoms with Crippen LogP contribution in [0.4, 0.5) is 0 Å². The highest BCUT2D eigenvalue weighted by molar-refractivity contribution is 5.79. The average Bonchev–Trinajstić information content (AvgIpc) is 2.93. The second-order valence-electron chi connectivity index (χ2n) is 5.93. The first-order chi connectivity index (χ1) is 11.1. The summed E-state index contributed by atoms with van der Waals surface area (Å²) in [6, 6.07) is 17.9. The number of para-hydroxylation sites is 2. The van der Waals surface area contributed by atoms with Gasteiger partial charge in [-0.1, -0.05) is 42.0 Å². The van der Waals surface area contributed by atoms with Crippen LogP contribution in [0, 0.1) is 13.8 Å². The number of benzene rings is 2. The third-order valence-electron chi connectivity index (χ3n) is 4.22. The standard InChI is InChI=1S/C19H17N3O/c1-13-7-9-15(10-8-13)12-21-14(2)11-18(23)22-17-6-4-3-5-16(17)20-19(21)22/h3-11H,12H2,1-2H3. The fraction of sp³-hybridized carbons (Fsp3) is 0.158. The molecule has 4 rings (SSSR count). The minimum atomic E-state index is -0.0358. The summed E-state index contributed by atoms with van der Waals surface area (Å²) in [5, 5.41) is 0. The monoisotopic (exact) mass is 303 g/mol. The molecule has 0 fully saturated rings. The van der Waals surface area contributed by atoms with E-state index in [0.29, 0.717) is 12.3 Å². The number of imidazole rings is 1. The first-order valence-electron chi connectivity index (χ1n) is 7.67. The van der Waals surface area contributed by atoms with Gasteiger partial charge in [-0.15, -0.1) is 0 Å². The van der Waals surface area contributed by atoms with Crippen molar-refractivity contribution in [1.29, 1.82) is 0 Å². The molecule has 0 aliphatic carbocycles. The molecule has 2 heterocycles. The quantitative estimate of drug-likeness (QED) is 0.570. The molecular weight excluding hydrogens is 286 g/mol. The zero-order valence-electron chi connectivity index (χ0n) is 13.2. The largest absolute Gasteiger partial charge is 0.311 e. The van der Waals surface area contributed by atoms with Gasteiger partial charge in [-0.3, -0.25) is 4.79 Å². The smallest absolute Gasteiger partial charge is 0.259 e. The first-order valence-corrected chi connectivity index (χ1v) is 7.67. The van der Waals surface area contributed by atoms with Gasteiger partial charge in [0.1, 0.15) is 0 Å². The van der Waals surface area contributed by atoms with E-state index in [-0.39, 0.29) is 5.56 Å². The summed E-state index contributed by atoms with van der Waals surface area (Å²) in [7, 11) is 0. The van der Waals surface area contributed by atoms with Crippen molar-refractivity contribution in [2.45, 2.75) is 20.4 Å². The maximum Gasteiger partial charge on any atom is 0.259 e. The summed E-state index contributed by atoms with van der Waals surface area (Å²) in [4.78, 5) is 17.1. The van der Waals surface area contributed by atoms with Gasteiger partial charge in [0.2, 0.25) is 5.78 Å². The molecule has 0 N–H and O–H groups in total. The van der Waals surface area contributed by atoms with Crippen molar-refractivity contribution < 1.29 is 0 Å². The van der Waals surface area contributed by atoms with Crippen LogP contribution in [0.1, 0.15) is 16.8 Å². The maximum atomic E-state index is 12.4. The summed E-state index contributed by atoms with van der Waals surface area (Å²) in [5.74, 6) is 0.691. The molecule has 23 heavy (non-hydrogen) atoms. The first kappa shape index (κ1) is 13.8. The molecule has 0 spiro atoms. The summed E-state index contributed by atoms with van der Waals surface area (Å²) >= 11 is 0. The Bertz CT molecular complexity index is 1070. The van der Waals surface area contributed by atoms with E-state index in [4.69, 9.17) is 0 Å². The van der Waals surface area contributed by atoms with Crippen molar-refractivity contribution in [3.8, 4) is 0 Å². The number of aromatic nitrogens is 3. The van der Waals surface area contributed by atoms with Crippen molar-refractivity contribution >= 4 is 16.8 Å². The number of aryl methyl sites for hydroxylation is 2. The van der Waals surface area contributed by atoms with E-state index in [1.807, 2.05) is 31.2 Å². The lowest BCUT2D eigenvalue weighted by atomic mass is 10.1. The van der Waals surface area contributed by atoms with E-state index in [9.17, 15) is 4.79 Å². The van der Waals surface area contributed by atoms with Crippen molar-refractivity contribution in [1.82, 2.24) is 14.0 Å². The predicted octanol–water partition coefficient (Wildman–Crippen LogP) is 3.31.